The van der Waals surface area contributed by atoms with E-state index >= 15 is 0 Å². The lowest BCUT2D eigenvalue weighted by Gasteiger charge is -2.08. The number of para-hydroxylation sites is 1. The van der Waals surface area contributed by atoms with Gasteiger partial charge in [-0.05, 0) is 30.3 Å². The summed E-state index contributed by atoms with van der Waals surface area (Å²) in [4.78, 5) is 17.5. The first-order valence-corrected chi connectivity index (χ1v) is 8.90. The number of nitrogens with zero attached hydrogens (tertiary/aromatic N) is 2. The van der Waals surface area contributed by atoms with E-state index < -0.39 is 5.76 Å². The van der Waals surface area contributed by atoms with Crippen molar-refractivity contribution in [2.45, 2.75) is 0 Å². The van der Waals surface area contributed by atoms with E-state index in [4.69, 9.17) is 14.1 Å². The Hall–Kier alpha value is -3.86. The van der Waals surface area contributed by atoms with Gasteiger partial charge in [-0.1, -0.05) is 48.5 Å². The molecule has 0 N–H and O–H groups in total. The summed E-state index contributed by atoms with van der Waals surface area (Å²) in [6.45, 7) is 0. The Kier molecular flexibility index (Phi) is 3.72. The topological polar surface area (TPSA) is 56.7 Å². The van der Waals surface area contributed by atoms with E-state index in [0.717, 1.165) is 33.5 Å². The van der Waals surface area contributed by atoms with Crippen LogP contribution in [-0.2, 0) is 0 Å². The van der Waals surface area contributed by atoms with Gasteiger partial charge in [-0.3, -0.25) is 0 Å². The summed E-state index contributed by atoms with van der Waals surface area (Å²) >= 11 is 0. The second-order valence-electron chi connectivity index (χ2n) is 6.43. The Morgan fingerprint density at radius 3 is 2.32 bits per heavy atom. The van der Waals surface area contributed by atoms with Gasteiger partial charge in [0.15, 0.2) is 11.4 Å². The SMILES string of the molecule is COc1ccc(-c2oc(=O)n3c2nc(-c2ccccc2)c2ccccc23)cc1. The number of rotatable bonds is 3. The van der Waals surface area contributed by atoms with Crippen LogP contribution in [0.3, 0.4) is 0 Å². The van der Waals surface area contributed by atoms with Crippen molar-refractivity contribution >= 4 is 16.6 Å². The fourth-order valence-electron chi connectivity index (χ4n) is 3.46. The van der Waals surface area contributed by atoms with Crippen molar-refractivity contribution < 1.29 is 9.15 Å². The van der Waals surface area contributed by atoms with Gasteiger partial charge in [0.25, 0.3) is 0 Å². The maximum atomic E-state index is 12.7. The molecule has 0 bridgehead atoms. The van der Waals surface area contributed by atoms with E-state index in [-0.39, 0.29) is 0 Å². The molecule has 0 fully saturated rings. The van der Waals surface area contributed by atoms with E-state index in [1.54, 1.807) is 7.11 Å². The maximum Gasteiger partial charge on any atom is 0.425 e. The second-order valence-corrected chi connectivity index (χ2v) is 6.43. The fourth-order valence-corrected chi connectivity index (χ4v) is 3.46. The summed E-state index contributed by atoms with van der Waals surface area (Å²) in [6.07, 6.45) is 0. The van der Waals surface area contributed by atoms with Gasteiger partial charge >= 0.3 is 5.76 Å². The lowest BCUT2D eigenvalue weighted by atomic mass is 10.1. The van der Waals surface area contributed by atoms with Crippen molar-refractivity contribution in [3.63, 3.8) is 0 Å². The first-order chi connectivity index (χ1) is 13.8. The molecule has 5 aromatic rings. The number of aromatic nitrogens is 2. The Balaban J connectivity index is 1.87. The van der Waals surface area contributed by atoms with Crippen LogP contribution in [0.2, 0.25) is 0 Å². The van der Waals surface area contributed by atoms with Crippen LogP contribution in [0.15, 0.2) is 88.1 Å². The second kappa shape index (κ2) is 6.39. The van der Waals surface area contributed by atoms with Crippen LogP contribution in [0.4, 0.5) is 0 Å². The zero-order chi connectivity index (χ0) is 19.1. The molecule has 2 aromatic heterocycles. The number of hydrogen-bond donors (Lipinski definition) is 0. The Morgan fingerprint density at radius 1 is 0.857 bits per heavy atom. The average molecular weight is 368 g/mol. The number of fused-ring (bicyclic) bond motifs is 3. The Morgan fingerprint density at radius 2 is 1.57 bits per heavy atom. The van der Waals surface area contributed by atoms with Crippen LogP contribution in [0.5, 0.6) is 5.75 Å². The fraction of sp³-hybridized carbons (Fsp3) is 0.0435. The van der Waals surface area contributed by atoms with Gasteiger partial charge in [-0.2, -0.15) is 0 Å². The predicted octanol–water partition coefficient (Wildman–Crippen LogP) is 4.78. The summed E-state index contributed by atoms with van der Waals surface area (Å²) in [6, 6.07) is 25.0. The number of benzene rings is 3. The average Bonchev–Trinajstić information content (AvgIpc) is 3.10. The molecule has 5 heteroatoms. The third-order valence-electron chi connectivity index (χ3n) is 4.80. The first kappa shape index (κ1) is 16.3. The lowest BCUT2D eigenvalue weighted by molar-refractivity contribution is 0.415. The molecular weight excluding hydrogens is 352 g/mol. The molecule has 0 aliphatic carbocycles. The normalized spacial score (nSPS) is 11.2. The summed E-state index contributed by atoms with van der Waals surface area (Å²) < 4.78 is 12.4. The van der Waals surface area contributed by atoms with Gasteiger partial charge in [0.2, 0.25) is 0 Å². The standard InChI is InChI=1S/C23H16N2O3/c1-27-17-13-11-16(12-14-17)21-22-24-20(15-7-3-2-4-8-15)18-9-5-6-10-19(18)25(22)23(26)28-21/h2-14H,1H3. The molecular formula is C23H16N2O3. The maximum absolute atomic E-state index is 12.7. The van der Waals surface area contributed by atoms with Crippen molar-refractivity contribution in [3.05, 3.63) is 89.4 Å². The molecule has 0 radical (unpaired) electrons. The largest absolute Gasteiger partial charge is 0.497 e. The number of oxazole rings is 1. The minimum Gasteiger partial charge on any atom is -0.497 e. The molecule has 0 amide bonds. The molecule has 136 valence electrons. The van der Waals surface area contributed by atoms with Crippen molar-refractivity contribution in [3.8, 4) is 28.3 Å². The predicted molar refractivity (Wildman–Crippen MR) is 109 cm³/mol. The van der Waals surface area contributed by atoms with Gasteiger partial charge < -0.3 is 9.15 Å². The Bertz CT molecular complexity index is 1350. The number of ether oxygens (including phenoxy) is 1. The number of methoxy groups -OCH3 is 1. The third kappa shape index (κ3) is 2.48. The molecule has 0 atom stereocenters. The van der Waals surface area contributed by atoms with E-state index in [2.05, 4.69) is 0 Å². The van der Waals surface area contributed by atoms with Crippen LogP contribution in [0, 0.1) is 0 Å². The molecule has 0 saturated carbocycles. The van der Waals surface area contributed by atoms with Crippen LogP contribution in [0.1, 0.15) is 0 Å². The van der Waals surface area contributed by atoms with Crippen LogP contribution in [0.25, 0.3) is 39.1 Å². The van der Waals surface area contributed by atoms with Gasteiger partial charge in [0.05, 0.1) is 18.3 Å². The highest BCUT2D eigenvalue weighted by Crippen LogP contribution is 2.31. The van der Waals surface area contributed by atoms with Crippen molar-refractivity contribution in [2.24, 2.45) is 0 Å². The smallest absolute Gasteiger partial charge is 0.425 e. The van der Waals surface area contributed by atoms with Gasteiger partial charge in [-0.15, -0.1) is 0 Å². The molecule has 0 aliphatic rings. The van der Waals surface area contributed by atoms with Crippen LogP contribution >= 0.6 is 0 Å². The molecule has 0 saturated heterocycles. The monoisotopic (exact) mass is 368 g/mol. The molecule has 5 rings (SSSR count). The van der Waals surface area contributed by atoms with Gasteiger partial charge in [0, 0.05) is 16.5 Å². The van der Waals surface area contributed by atoms with E-state index in [1.165, 1.54) is 4.40 Å². The van der Waals surface area contributed by atoms with E-state index in [1.807, 2.05) is 78.9 Å². The quantitative estimate of drug-likeness (QED) is 0.460. The minimum absolute atomic E-state index is 0.440. The zero-order valence-corrected chi connectivity index (χ0v) is 15.1. The highest BCUT2D eigenvalue weighted by molar-refractivity contribution is 5.95. The van der Waals surface area contributed by atoms with Gasteiger partial charge in [0.1, 0.15) is 5.75 Å². The molecule has 5 nitrogen and oxygen atoms in total. The summed E-state index contributed by atoms with van der Waals surface area (Å²) in [7, 11) is 1.61. The Labute approximate surface area is 160 Å². The zero-order valence-electron chi connectivity index (χ0n) is 15.1. The van der Waals surface area contributed by atoms with Crippen molar-refractivity contribution in [1.29, 1.82) is 0 Å². The van der Waals surface area contributed by atoms with Crippen LogP contribution < -0.4 is 10.5 Å². The molecule has 0 unspecified atom stereocenters. The van der Waals surface area contributed by atoms with E-state index in [9.17, 15) is 4.79 Å². The molecule has 3 aromatic carbocycles. The van der Waals surface area contributed by atoms with Gasteiger partial charge in [-0.25, -0.2) is 14.2 Å². The molecule has 0 spiro atoms. The van der Waals surface area contributed by atoms with E-state index in [0.29, 0.717) is 11.4 Å². The minimum atomic E-state index is -0.455. The molecule has 0 aliphatic heterocycles. The van der Waals surface area contributed by atoms with Crippen LogP contribution in [-0.4, -0.2) is 16.5 Å². The summed E-state index contributed by atoms with van der Waals surface area (Å²) in [5.41, 5.74) is 3.82. The summed E-state index contributed by atoms with van der Waals surface area (Å²) in [5.74, 6) is 0.720. The summed E-state index contributed by atoms with van der Waals surface area (Å²) in [5, 5.41) is 0.894. The third-order valence-corrected chi connectivity index (χ3v) is 4.80. The van der Waals surface area contributed by atoms with Crippen molar-refractivity contribution in [2.75, 3.05) is 7.11 Å². The lowest BCUT2D eigenvalue weighted by Crippen LogP contribution is -2.08. The number of hydrogen-bond acceptors (Lipinski definition) is 4. The molecule has 28 heavy (non-hydrogen) atoms. The van der Waals surface area contributed by atoms with Crippen molar-refractivity contribution in [1.82, 2.24) is 9.38 Å². The first-order valence-electron chi connectivity index (χ1n) is 8.90. The highest BCUT2D eigenvalue weighted by atomic mass is 16.5. The highest BCUT2D eigenvalue weighted by Gasteiger charge is 2.19. The molecule has 2 heterocycles.